The molecule has 3 heteroatoms. The average Bonchev–Trinajstić information content (AvgIpc) is 3.00. The lowest BCUT2D eigenvalue weighted by molar-refractivity contribution is 0.411. The molecule has 3 rings (SSSR count). The van der Waals surface area contributed by atoms with Gasteiger partial charge in [0.25, 0.3) is 0 Å². The molecule has 0 bridgehead atoms. The van der Waals surface area contributed by atoms with E-state index in [4.69, 9.17) is 4.74 Å². The fraction of sp³-hybridized carbons (Fsp3) is 0.381. The molecule has 0 saturated carbocycles. The summed E-state index contributed by atoms with van der Waals surface area (Å²) in [5, 5.41) is 4.59. The SMILES string of the molecule is CCC(C)(C)c1ccc2c(-c3cc(C)c(C)c(OC)c3)cnn2c1. The van der Waals surface area contributed by atoms with Crippen LogP contribution in [0.5, 0.6) is 5.75 Å². The first-order chi connectivity index (χ1) is 11.4. The van der Waals surface area contributed by atoms with Gasteiger partial charge in [0, 0.05) is 11.8 Å². The van der Waals surface area contributed by atoms with Crippen LogP contribution in [0, 0.1) is 13.8 Å². The van der Waals surface area contributed by atoms with Crippen molar-refractivity contribution in [1.82, 2.24) is 9.61 Å². The maximum Gasteiger partial charge on any atom is 0.122 e. The maximum absolute atomic E-state index is 5.53. The summed E-state index contributed by atoms with van der Waals surface area (Å²) in [5.74, 6) is 0.924. The molecule has 0 aliphatic carbocycles. The Bertz CT molecular complexity index is 890. The number of pyridine rings is 1. The zero-order valence-electron chi connectivity index (χ0n) is 15.5. The zero-order valence-corrected chi connectivity index (χ0v) is 15.5. The summed E-state index contributed by atoms with van der Waals surface area (Å²) in [6.45, 7) is 11.0. The van der Waals surface area contributed by atoms with E-state index in [9.17, 15) is 0 Å². The van der Waals surface area contributed by atoms with Crippen molar-refractivity contribution in [1.29, 1.82) is 0 Å². The summed E-state index contributed by atoms with van der Waals surface area (Å²) in [6, 6.07) is 8.71. The summed E-state index contributed by atoms with van der Waals surface area (Å²) >= 11 is 0. The molecule has 2 aromatic heterocycles. The second kappa shape index (κ2) is 5.97. The van der Waals surface area contributed by atoms with Gasteiger partial charge in [-0.15, -0.1) is 0 Å². The lowest BCUT2D eigenvalue weighted by Crippen LogP contribution is -2.16. The van der Waals surface area contributed by atoms with E-state index in [1.165, 1.54) is 16.7 Å². The topological polar surface area (TPSA) is 26.5 Å². The number of hydrogen-bond acceptors (Lipinski definition) is 2. The third kappa shape index (κ3) is 2.68. The number of hydrogen-bond donors (Lipinski definition) is 0. The predicted molar refractivity (Wildman–Crippen MR) is 100.0 cm³/mol. The van der Waals surface area contributed by atoms with Crippen molar-refractivity contribution in [2.75, 3.05) is 7.11 Å². The minimum Gasteiger partial charge on any atom is -0.496 e. The van der Waals surface area contributed by atoms with Gasteiger partial charge in [0.1, 0.15) is 5.75 Å². The quantitative estimate of drug-likeness (QED) is 0.650. The van der Waals surface area contributed by atoms with E-state index in [0.29, 0.717) is 0 Å². The molecule has 0 aliphatic heterocycles. The molecule has 3 aromatic rings. The Balaban J connectivity index is 2.14. The molecule has 126 valence electrons. The van der Waals surface area contributed by atoms with Crippen LogP contribution in [0.25, 0.3) is 16.6 Å². The van der Waals surface area contributed by atoms with Crippen LogP contribution in [0.15, 0.2) is 36.7 Å². The van der Waals surface area contributed by atoms with Crippen molar-refractivity contribution >= 4 is 5.52 Å². The number of aryl methyl sites for hydroxylation is 1. The van der Waals surface area contributed by atoms with E-state index in [0.717, 1.165) is 28.8 Å². The summed E-state index contributed by atoms with van der Waals surface area (Å²) in [5.41, 5.74) is 7.28. The molecular weight excluding hydrogens is 296 g/mol. The van der Waals surface area contributed by atoms with Crippen LogP contribution in [0.4, 0.5) is 0 Å². The van der Waals surface area contributed by atoms with Crippen LogP contribution in [-0.2, 0) is 5.41 Å². The molecule has 0 fully saturated rings. The molecule has 0 amide bonds. The highest BCUT2D eigenvalue weighted by atomic mass is 16.5. The molecule has 24 heavy (non-hydrogen) atoms. The van der Waals surface area contributed by atoms with E-state index in [1.807, 2.05) is 10.7 Å². The van der Waals surface area contributed by atoms with Crippen LogP contribution < -0.4 is 4.74 Å². The van der Waals surface area contributed by atoms with Crippen molar-refractivity contribution in [3.05, 3.63) is 53.3 Å². The Morgan fingerprint density at radius 3 is 2.58 bits per heavy atom. The highest BCUT2D eigenvalue weighted by Crippen LogP contribution is 2.33. The first-order valence-corrected chi connectivity index (χ1v) is 8.51. The molecule has 0 N–H and O–H groups in total. The molecule has 0 atom stereocenters. The van der Waals surface area contributed by atoms with Crippen LogP contribution >= 0.6 is 0 Å². The van der Waals surface area contributed by atoms with E-state index >= 15 is 0 Å². The second-order valence-corrected chi connectivity index (χ2v) is 7.16. The van der Waals surface area contributed by atoms with Crippen molar-refractivity contribution < 1.29 is 4.74 Å². The van der Waals surface area contributed by atoms with Gasteiger partial charge in [0.2, 0.25) is 0 Å². The molecule has 0 spiro atoms. The molecule has 0 saturated heterocycles. The largest absolute Gasteiger partial charge is 0.496 e. The van der Waals surface area contributed by atoms with Crippen LogP contribution in [0.3, 0.4) is 0 Å². The summed E-state index contributed by atoms with van der Waals surface area (Å²) < 4.78 is 7.52. The van der Waals surface area contributed by atoms with Gasteiger partial charge in [-0.25, -0.2) is 4.52 Å². The number of nitrogens with zero attached hydrogens (tertiary/aromatic N) is 2. The Labute approximate surface area is 144 Å². The Kier molecular flexibility index (Phi) is 4.12. The van der Waals surface area contributed by atoms with Gasteiger partial charge >= 0.3 is 0 Å². The first kappa shape index (κ1) is 16.6. The van der Waals surface area contributed by atoms with Gasteiger partial charge in [0.15, 0.2) is 0 Å². The molecule has 0 unspecified atom stereocenters. The summed E-state index contributed by atoms with van der Waals surface area (Å²) in [4.78, 5) is 0. The van der Waals surface area contributed by atoms with E-state index < -0.39 is 0 Å². The molecule has 3 nitrogen and oxygen atoms in total. The number of rotatable bonds is 4. The summed E-state index contributed by atoms with van der Waals surface area (Å²) in [6.07, 6.45) is 5.20. The molecule has 1 aromatic carbocycles. The van der Waals surface area contributed by atoms with Crippen LogP contribution in [-0.4, -0.2) is 16.7 Å². The number of fused-ring (bicyclic) bond motifs is 1. The highest BCUT2D eigenvalue weighted by Gasteiger charge is 2.19. The Morgan fingerprint density at radius 2 is 1.92 bits per heavy atom. The predicted octanol–water partition coefficient (Wildman–Crippen LogP) is 5.31. The minimum absolute atomic E-state index is 0.157. The number of ether oxygens (including phenoxy) is 1. The molecular formula is C21H26N2O. The van der Waals surface area contributed by atoms with Crippen LogP contribution in [0.2, 0.25) is 0 Å². The third-order valence-corrected chi connectivity index (χ3v) is 5.33. The minimum atomic E-state index is 0.157. The van der Waals surface area contributed by atoms with Gasteiger partial charge in [-0.2, -0.15) is 5.10 Å². The average molecular weight is 322 g/mol. The number of methoxy groups -OCH3 is 1. The Morgan fingerprint density at radius 1 is 1.17 bits per heavy atom. The molecule has 0 aliphatic rings. The van der Waals surface area contributed by atoms with Crippen molar-refractivity contribution in [2.45, 2.75) is 46.5 Å². The monoisotopic (exact) mass is 322 g/mol. The maximum atomic E-state index is 5.53. The number of benzene rings is 1. The van der Waals surface area contributed by atoms with E-state index in [2.05, 4.69) is 70.2 Å². The summed E-state index contributed by atoms with van der Waals surface area (Å²) in [7, 11) is 1.72. The van der Waals surface area contributed by atoms with Crippen molar-refractivity contribution in [3.8, 4) is 16.9 Å². The fourth-order valence-electron chi connectivity index (χ4n) is 3.01. The third-order valence-electron chi connectivity index (χ3n) is 5.33. The Hall–Kier alpha value is -2.29. The standard InChI is InChI=1S/C21H26N2O/c1-7-21(4,5)17-8-9-19-18(12-22-23(19)13-17)16-10-14(2)15(3)20(11-16)24-6/h8-13H,7H2,1-6H3. The van der Waals surface area contributed by atoms with Gasteiger partial charge in [-0.3, -0.25) is 0 Å². The normalized spacial score (nSPS) is 11.9. The highest BCUT2D eigenvalue weighted by molar-refractivity contribution is 5.81. The zero-order chi connectivity index (χ0) is 17.5. The number of aromatic nitrogens is 2. The van der Waals surface area contributed by atoms with E-state index in [1.54, 1.807) is 7.11 Å². The van der Waals surface area contributed by atoms with Gasteiger partial charge in [-0.05, 0) is 60.1 Å². The first-order valence-electron chi connectivity index (χ1n) is 8.51. The lowest BCUT2D eigenvalue weighted by atomic mass is 9.83. The second-order valence-electron chi connectivity index (χ2n) is 7.16. The van der Waals surface area contributed by atoms with Crippen LogP contribution in [0.1, 0.15) is 43.9 Å². The van der Waals surface area contributed by atoms with Crippen molar-refractivity contribution in [3.63, 3.8) is 0 Å². The van der Waals surface area contributed by atoms with Gasteiger partial charge in [0.05, 0.1) is 18.8 Å². The molecule has 0 radical (unpaired) electrons. The van der Waals surface area contributed by atoms with Crippen molar-refractivity contribution in [2.24, 2.45) is 0 Å². The van der Waals surface area contributed by atoms with Gasteiger partial charge < -0.3 is 4.74 Å². The lowest BCUT2D eigenvalue weighted by Gasteiger charge is -2.23. The molecule has 2 heterocycles. The fourth-order valence-corrected chi connectivity index (χ4v) is 3.01. The van der Waals surface area contributed by atoms with Gasteiger partial charge in [-0.1, -0.05) is 32.9 Å². The smallest absolute Gasteiger partial charge is 0.122 e. The van der Waals surface area contributed by atoms with E-state index in [-0.39, 0.29) is 5.41 Å².